The highest BCUT2D eigenvalue weighted by molar-refractivity contribution is 7.15. The van der Waals surface area contributed by atoms with E-state index < -0.39 is 0 Å². The molecule has 0 unspecified atom stereocenters. The maximum Gasteiger partial charge on any atom is 0.185 e. The summed E-state index contributed by atoms with van der Waals surface area (Å²) in [5.74, 6) is 1.72. The molecule has 0 bridgehead atoms. The van der Waals surface area contributed by atoms with Gasteiger partial charge < -0.3 is 10.2 Å². The third-order valence-corrected chi connectivity index (χ3v) is 5.50. The molecule has 0 atom stereocenters. The minimum absolute atomic E-state index is 0.823. The summed E-state index contributed by atoms with van der Waals surface area (Å²) in [6.07, 6.45) is 4.93. The van der Waals surface area contributed by atoms with Gasteiger partial charge in [0.2, 0.25) is 0 Å². The lowest BCUT2D eigenvalue weighted by molar-refractivity contribution is 0.311. The molecule has 0 aliphatic carbocycles. The number of aromatic nitrogens is 1. The van der Waals surface area contributed by atoms with E-state index in [-0.39, 0.29) is 0 Å². The molecule has 1 aromatic heterocycles. The van der Waals surface area contributed by atoms with Gasteiger partial charge in [0.05, 0.1) is 5.69 Å². The summed E-state index contributed by atoms with van der Waals surface area (Å²) in [7, 11) is 2.02. The number of rotatable bonds is 6. The van der Waals surface area contributed by atoms with Crippen molar-refractivity contribution in [1.29, 1.82) is 0 Å². The second-order valence-electron chi connectivity index (χ2n) is 6.22. The van der Waals surface area contributed by atoms with E-state index in [1.807, 2.05) is 18.4 Å². The molecule has 0 saturated carbocycles. The zero-order valence-electron chi connectivity index (χ0n) is 13.4. The molecule has 1 aliphatic rings. The molecule has 4 heteroatoms. The standard InChI is InChI=1S/C16H29N3S/c1-5-6-14-15(11-17-4)20-16(18-14)19-9-7-13(8-10-19)12(2)3/h12-13,17H,5-11H2,1-4H3. The monoisotopic (exact) mass is 295 g/mol. The van der Waals surface area contributed by atoms with Crippen LogP contribution in [-0.2, 0) is 13.0 Å². The Balaban J connectivity index is 2.04. The first-order valence-electron chi connectivity index (χ1n) is 8.03. The molecule has 114 valence electrons. The van der Waals surface area contributed by atoms with Crippen LogP contribution in [0.5, 0.6) is 0 Å². The highest BCUT2D eigenvalue weighted by atomic mass is 32.1. The van der Waals surface area contributed by atoms with Gasteiger partial charge in [-0.25, -0.2) is 4.98 Å². The highest BCUT2D eigenvalue weighted by Gasteiger charge is 2.24. The Morgan fingerprint density at radius 2 is 2.05 bits per heavy atom. The van der Waals surface area contributed by atoms with Crippen LogP contribution in [-0.4, -0.2) is 25.1 Å². The van der Waals surface area contributed by atoms with Crippen LogP contribution in [0.15, 0.2) is 0 Å². The Bertz CT molecular complexity index is 382. The molecule has 3 nitrogen and oxygen atoms in total. The molecule has 2 rings (SSSR count). The van der Waals surface area contributed by atoms with Gasteiger partial charge in [-0.15, -0.1) is 11.3 Å². The average Bonchev–Trinajstić information content (AvgIpc) is 2.83. The third kappa shape index (κ3) is 3.73. The summed E-state index contributed by atoms with van der Waals surface area (Å²) < 4.78 is 0. The predicted octanol–water partition coefficient (Wildman–Crippen LogP) is 3.69. The maximum atomic E-state index is 4.92. The second-order valence-corrected chi connectivity index (χ2v) is 7.28. The molecule has 2 heterocycles. The summed E-state index contributed by atoms with van der Waals surface area (Å²) in [6, 6.07) is 0. The van der Waals surface area contributed by atoms with Crippen LogP contribution in [0.1, 0.15) is 50.6 Å². The molecular weight excluding hydrogens is 266 g/mol. The minimum atomic E-state index is 0.823. The van der Waals surface area contributed by atoms with Crippen molar-refractivity contribution in [2.24, 2.45) is 11.8 Å². The Labute approximate surface area is 127 Å². The number of aryl methyl sites for hydroxylation is 1. The third-order valence-electron chi connectivity index (χ3n) is 4.34. The zero-order valence-corrected chi connectivity index (χ0v) is 14.2. The number of nitrogens with one attached hydrogen (secondary N) is 1. The van der Waals surface area contributed by atoms with E-state index in [1.165, 1.54) is 48.1 Å². The largest absolute Gasteiger partial charge is 0.348 e. The van der Waals surface area contributed by atoms with Crippen molar-refractivity contribution in [3.63, 3.8) is 0 Å². The fraction of sp³-hybridized carbons (Fsp3) is 0.812. The number of thiazole rings is 1. The molecule has 1 aromatic rings. The van der Waals surface area contributed by atoms with E-state index in [0.29, 0.717) is 0 Å². The van der Waals surface area contributed by atoms with E-state index >= 15 is 0 Å². The molecule has 1 saturated heterocycles. The predicted molar refractivity (Wildman–Crippen MR) is 88.6 cm³/mol. The number of nitrogens with zero attached hydrogens (tertiary/aromatic N) is 2. The number of anilines is 1. The lowest BCUT2D eigenvalue weighted by Gasteiger charge is -2.33. The van der Waals surface area contributed by atoms with E-state index in [0.717, 1.165) is 24.8 Å². The van der Waals surface area contributed by atoms with Crippen LogP contribution < -0.4 is 10.2 Å². The molecule has 0 spiro atoms. The van der Waals surface area contributed by atoms with Crippen LogP contribution in [0.3, 0.4) is 0 Å². The first-order chi connectivity index (χ1) is 9.65. The van der Waals surface area contributed by atoms with E-state index in [1.54, 1.807) is 0 Å². The van der Waals surface area contributed by atoms with Crippen molar-refractivity contribution in [1.82, 2.24) is 10.3 Å². The van der Waals surface area contributed by atoms with Gasteiger partial charge in [0.1, 0.15) is 0 Å². The smallest absolute Gasteiger partial charge is 0.185 e. The molecule has 0 aromatic carbocycles. The van der Waals surface area contributed by atoms with Crippen molar-refractivity contribution in [2.75, 3.05) is 25.0 Å². The SMILES string of the molecule is CCCc1nc(N2CCC(C(C)C)CC2)sc1CNC. The lowest BCUT2D eigenvalue weighted by atomic mass is 9.87. The number of hydrogen-bond donors (Lipinski definition) is 1. The van der Waals surface area contributed by atoms with Crippen LogP contribution >= 0.6 is 11.3 Å². The van der Waals surface area contributed by atoms with Crippen molar-refractivity contribution >= 4 is 16.5 Å². The van der Waals surface area contributed by atoms with Gasteiger partial charge in [-0.1, -0.05) is 27.2 Å². The average molecular weight is 295 g/mol. The first kappa shape index (κ1) is 15.8. The fourth-order valence-electron chi connectivity index (χ4n) is 2.99. The Kier molecular flexibility index (Phi) is 5.85. The van der Waals surface area contributed by atoms with Gasteiger partial charge in [-0.05, 0) is 38.1 Å². The van der Waals surface area contributed by atoms with Crippen molar-refractivity contribution in [3.05, 3.63) is 10.6 Å². The van der Waals surface area contributed by atoms with E-state index in [2.05, 4.69) is 31.0 Å². The summed E-state index contributed by atoms with van der Waals surface area (Å²) in [5, 5.41) is 4.52. The fourth-order valence-corrected chi connectivity index (χ4v) is 4.16. The molecule has 1 fully saturated rings. The first-order valence-corrected chi connectivity index (χ1v) is 8.85. The quantitative estimate of drug-likeness (QED) is 0.867. The highest BCUT2D eigenvalue weighted by Crippen LogP contribution is 2.32. The topological polar surface area (TPSA) is 28.2 Å². The normalized spacial score (nSPS) is 17.1. The van der Waals surface area contributed by atoms with Gasteiger partial charge in [0.15, 0.2) is 5.13 Å². The molecule has 0 radical (unpaired) electrons. The van der Waals surface area contributed by atoms with Gasteiger partial charge in [-0.3, -0.25) is 0 Å². The van der Waals surface area contributed by atoms with Crippen molar-refractivity contribution in [3.8, 4) is 0 Å². The van der Waals surface area contributed by atoms with Crippen molar-refractivity contribution < 1.29 is 0 Å². The second kappa shape index (κ2) is 7.41. The molecular formula is C16H29N3S. The summed E-state index contributed by atoms with van der Waals surface area (Å²) in [6.45, 7) is 10.3. The molecule has 0 amide bonds. The van der Waals surface area contributed by atoms with Gasteiger partial charge in [-0.2, -0.15) is 0 Å². The summed E-state index contributed by atoms with van der Waals surface area (Å²) >= 11 is 1.89. The minimum Gasteiger partial charge on any atom is -0.348 e. The Morgan fingerprint density at radius 1 is 1.35 bits per heavy atom. The number of hydrogen-bond acceptors (Lipinski definition) is 4. The Morgan fingerprint density at radius 3 is 2.60 bits per heavy atom. The lowest BCUT2D eigenvalue weighted by Crippen LogP contribution is -2.35. The summed E-state index contributed by atoms with van der Waals surface area (Å²) in [4.78, 5) is 8.84. The van der Waals surface area contributed by atoms with E-state index in [9.17, 15) is 0 Å². The van der Waals surface area contributed by atoms with Gasteiger partial charge in [0, 0.05) is 24.5 Å². The van der Waals surface area contributed by atoms with Crippen LogP contribution in [0.4, 0.5) is 5.13 Å². The van der Waals surface area contributed by atoms with E-state index in [4.69, 9.17) is 4.98 Å². The summed E-state index contributed by atoms with van der Waals surface area (Å²) in [5.41, 5.74) is 1.31. The van der Waals surface area contributed by atoms with Crippen molar-refractivity contribution in [2.45, 2.75) is 53.0 Å². The zero-order chi connectivity index (χ0) is 14.5. The van der Waals surface area contributed by atoms with Crippen LogP contribution in [0, 0.1) is 11.8 Å². The van der Waals surface area contributed by atoms with Gasteiger partial charge in [0.25, 0.3) is 0 Å². The maximum absolute atomic E-state index is 4.92. The number of piperidine rings is 1. The van der Waals surface area contributed by atoms with Gasteiger partial charge >= 0.3 is 0 Å². The van der Waals surface area contributed by atoms with Crippen LogP contribution in [0.2, 0.25) is 0 Å². The molecule has 1 N–H and O–H groups in total. The molecule has 20 heavy (non-hydrogen) atoms. The van der Waals surface area contributed by atoms with Crippen LogP contribution in [0.25, 0.3) is 0 Å². The molecule has 1 aliphatic heterocycles. The Hall–Kier alpha value is -0.610.